The Bertz CT molecular complexity index is 406. The number of hydrogen-bond donors (Lipinski definition) is 1. The van der Waals surface area contributed by atoms with E-state index in [9.17, 15) is 4.21 Å². The van der Waals surface area contributed by atoms with E-state index in [1.165, 1.54) is 5.56 Å². The van der Waals surface area contributed by atoms with Crippen molar-refractivity contribution in [2.24, 2.45) is 0 Å². The van der Waals surface area contributed by atoms with E-state index < -0.39 is 10.8 Å². The first-order valence-corrected chi connectivity index (χ1v) is 8.14. The lowest BCUT2D eigenvalue weighted by molar-refractivity contribution is 0.455. The van der Waals surface area contributed by atoms with Gasteiger partial charge >= 0.3 is 0 Å². The number of halogens is 1. The molecule has 1 aliphatic rings. The second-order valence-corrected chi connectivity index (χ2v) is 7.50. The third kappa shape index (κ3) is 3.18. The molecule has 0 saturated carbocycles. The Morgan fingerprint density at radius 2 is 1.94 bits per heavy atom. The van der Waals surface area contributed by atoms with E-state index in [0.717, 1.165) is 16.6 Å². The van der Waals surface area contributed by atoms with Crippen LogP contribution in [0.3, 0.4) is 0 Å². The molecule has 1 aromatic rings. The first-order chi connectivity index (χ1) is 8.08. The molecule has 0 spiro atoms. The van der Waals surface area contributed by atoms with Gasteiger partial charge in [-0.25, -0.2) is 0 Å². The van der Waals surface area contributed by atoms with Crippen molar-refractivity contribution in [3.63, 3.8) is 0 Å². The van der Waals surface area contributed by atoms with Crippen LogP contribution in [0, 0.1) is 0 Å². The topological polar surface area (TPSA) is 29.1 Å². The van der Waals surface area contributed by atoms with Crippen LogP contribution in [-0.4, -0.2) is 21.3 Å². The molecule has 1 N–H and O–H groups in total. The quantitative estimate of drug-likeness (QED) is 0.863. The second-order valence-electron chi connectivity index (χ2n) is 4.68. The summed E-state index contributed by atoms with van der Waals surface area (Å²) in [5, 5.41) is 3.75. The van der Waals surface area contributed by atoms with E-state index in [0.29, 0.717) is 6.04 Å². The van der Waals surface area contributed by atoms with E-state index in [1.54, 1.807) is 0 Å². The van der Waals surface area contributed by atoms with Gasteiger partial charge in [-0.2, -0.15) is 0 Å². The van der Waals surface area contributed by atoms with Gasteiger partial charge in [-0.15, -0.1) is 0 Å². The minimum Gasteiger partial charge on any atom is -0.306 e. The number of benzene rings is 1. The second kappa shape index (κ2) is 5.63. The Labute approximate surface area is 114 Å². The molecule has 0 radical (unpaired) electrons. The Morgan fingerprint density at radius 3 is 2.59 bits per heavy atom. The van der Waals surface area contributed by atoms with Crippen molar-refractivity contribution in [2.75, 3.05) is 5.75 Å². The molecule has 1 aromatic carbocycles. The van der Waals surface area contributed by atoms with Crippen molar-refractivity contribution in [3.05, 3.63) is 34.3 Å². The molecule has 0 aliphatic carbocycles. The fourth-order valence-electron chi connectivity index (χ4n) is 2.19. The zero-order chi connectivity index (χ0) is 12.4. The predicted octanol–water partition coefficient (Wildman–Crippen LogP) is 3.01. The minimum absolute atomic E-state index is 0.168. The smallest absolute Gasteiger partial charge is 0.0514 e. The van der Waals surface area contributed by atoms with Crippen molar-refractivity contribution < 1.29 is 4.21 Å². The van der Waals surface area contributed by atoms with Crippen LogP contribution in [0.5, 0.6) is 0 Å². The molecular weight excluding hydrogens is 298 g/mol. The van der Waals surface area contributed by atoms with Crippen LogP contribution in [0.2, 0.25) is 0 Å². The van der Waals surface area contributed by atoms with Crippen LogP contribution < -0.4 is 5.32 Å². The molecule has 1 heterocycles. The Hall–Kier alpha value is -0.190. The molecule has 1 aliphatic heterocycles. The lowest BCUT2D eigenvalue weighted by atomic mass is 10.0. The summed E-state index contributed by atoms with van der Waals surface area (Å²) in [6, 6.07) is 8.92. The molecule has 0 aromatic heterocycles. The van der Waals surface area contributed by atoms with Crippen LogP contribution in [0.1, 0.15) is 31.9 Å². The molecule has 0 amide bonds. The standard InChI is InChI=1S/C13H18BrNOS/c1-9-7-8-17(16)10(2)13(15-9)11-3-5-12(14)6-4-11/h3-6,9-10,13,15H,7-8H2,1-2H3. The average Bonchev–Trinajstić information content (AvgIpc) is 2.44. The van der Waals surface area contributed by atoms with Gasteiger partial charge in [0, 0.05) is 33.1 Å². The predicted molar refractivity (Wildman–Crippen MR) is 76.6 cm³/mol. The molecule has 94 valence electrons. The highest BCUT2D eigenvalue weighted by molar-refractivity contribution is 9.10. The summed E-state index contributed by atoms with van der Waals surface area (Å²) in [4.78, 5) is 0. The fraction of sp³-hybridized carbons (Fsp3) is 0.538. The number of hydrogen-bond acceptors (Lipinski definition) is 2. The molecule has 2 nitrogen and oxygen atoms in total. The van der Waals surface area contributed by atoms with Gasteiger partial charge in [0.25, 0.3) is 0 Å². The van der Waals surface area contributed by atoms with Crippen molar-refractivity contribution >= 4 is 26.7 Å². The lowest BCUT2D eigenvalue weighted by Gasteiger charge is -2.24. The van der Waals surface area contributed by atoms with Crippen molar-refractivity contribution in [2.45, 2.75) is 37.6 Å². The van der Waals surface area contributed by atoms with E-state index in [1.807, 2.05) is 12.1 Å². The average molecular weight is 316 g/mol. The van der Waals surface area contributed by atoms with Crippen molar-refractivity contribution in [1.82, 2.24) is 5.32 Å². The van der Waals surface area contributed by atoms with Gasteiger partial charge in [0.2, 0.25) is 0 Å². The molecule has 2 rings (SSSR count). The maximum atomic E-state index is 12.1. The van der Waals surface area contributed by atoms with Crippen LogP contribution in [0.25, 0.3) is 0 Å². The van der Waals surface area contributed by atoms with E-state index in [-0.39, 0.29) is 11.3 Å². The molecule has 0 bridgehead atoms. The minimum atomic E-state index is -0.733. The van der Waals surface area contributed by atoms with Gasteiger partial charge in [0.1, 0.15) is 0 Å². The highest BCUT2D eigenvalue weighted by Gasteiger charge is 2.28. The fourth-order valence-corrected chi connectivity index (χ4v) is 3.95. The maximum Gasteiger partial charge on any atom is 0.0514 e. The Balaban J connectivity index is 2.27. The lowest BCUT2D eigenvalue weighted by Crippen LogP contribution is -2.34. The summed E-state index contributed by atoms with van der Waals surface area (Å²) in [7, 11) is -0.733. The molecule has 4 heteroatoms. The summed E-state index contributed by atoms with van der Waals surface area (Å²) in [6.07, 6.45) is 0.990. The molecule has 4 atom stereocenters. The molecule has 1 fully saturated rings. The highest BCUT2D eigenvalue weighted by atomic mass is 79.9. The van der Waals surface area contributed by atoms with Crippen LogP contribution >= 0.6 is 15.9 Å². The zero-order valence-electron chi connectivity index (χ0n) is 10.2. The molecule has 17 heavy (non-hydrogen) atoms. The molecular formula is C13H18BrNOS. The first kappa shape index (κ1) is 13.2. The monoisotopic (exact) mass is 315 g/mol. The number of rotatable bonds is 1. The van der Waals surface area contributed by atoms with Gasteiger partial charge in [-0.05, 0) is 38.0 Å². The van der Waals surface area contributed by atoms with Gasteiger partial charge < -0.3 is 5.32 Å². The zero-order valence-corrected chi connectivity index (χ0v) is 12.6. The van der Waals surface area contributed by atoms with Crippen molar-refractivity contribution in [3.8, 4) is 0 Å². The van der Waals surface area contributed by atoms with Crippen LogP contribution in [-0.2, 0) is 10.8 Å². The van der Waals surface area contributed by atoms with Crippen molar-refractivity contribution in [1.29, 1.82) is 0 Å². The Kier molecular flexibility index (Phi) is 4.39. The maximum absolute atomic E-state index is 12.1. The summed E-state index contributed by atoms with van der Waals surface area (Å²) < 4.78 is 13.2. The third-order valence-corrected chi connectivity index (χ3v) is 5.60. The van der Waals surface area contributed by atoms with Crippen LogP contribution in [0.4, 0.5) is 0 Å². The number of nitrogens with one attached hydrogen (secondary N) is 1. The summed E-state index contributed by atoms with van der Waals surface area (Å²) in [5.41, 5.74) is 1.22. The van der Waals surface area contributed by atoms with Gasteiger partial charge in [-0.3, -0.25) is 4.21 Å². The van der Waals surface area contributed by atoms with Gasteiger partial charge in [-0.1, -0.05) is 28.1 Å². The summed E-state index contributed by atoms with van der Waals surface area (Å²) in [5.74, 6) is 0.808. The summed E-state index contributed by atoms with van der Waals surface area (Å²) >= 11 is 3.44. The molecule has 1 saturated heterocycles. The van der Waals surface area contributed by atoms with E-state index in [2.05, 4.69) is 47.2 Å². The third-order valence-electron chi connectivity index (χ3n) is 3.33. The van der Waals surface area contributed by atoms with Gasteiger partial charge in [0.05, 0.1) is 5.25 Å². The Morgan fingerprint density at radius 1 is 1.29 bits per heavy atom. The van der Waals surface area contributed by atoms with E-state index >= 15 is 0 Å². The SMILES string of the molecule is CC1CCS(=O)C(C)C(c2ccc(Br)cc2)N1. The summed E-state index contributed by atoms with van der Waals surface area (Å²) in [6.45, 7) is 4.24. The molecule has 4 unspecified atom stereocenters. The van der Waals surface area contributed by atoms with E-state index in [4.69, 9.17) is 0 Å². The highest BCUT2D eigenvalue weighted by Crippen LogP contribution is 2.26. The normalized spacial score (nSPS) is 34.3. The first-order valence-electron chi connectivity index (χ1n) is 5.96. The largest absolute Gasteiger partial charge is 0.306 e. The van der Waals surface area contributed by atoms with Gasteiger partial charge in [0.15, 0.2) is 0 Å². The van der Waals surface area contributed by atoms with Crippen LogP contribution in [0.15, 0.2) is 28.7 Å².